The number of likely N-dealkylation sites (tertiary alicyclic amines) is 1. The van der Waals surface area contributed by atoms with Gasteiger partial charge in [0.05, 0.1) is 0 Å². The lowest BCUT2D eigenvalue weighted by atomic mass is 9.89. The van der Waals surface area contributed by atoms with Crippen LogP contribution >= 0.6 is 0 Å². The van der Waals surface area contributed by atoms with E-state index in [1.165, 1.54) is 25.7 Å². The van der Waals surface area contributed by atoms with E-state index in [0.717, 1.165) is 13.1 Å². The van der Waals surface area contributed by atoms with Gasteiger partial charge < -0.3 is 9.47 Å². The maximum Gasteiger partial charge on any atom is 0.223 e. The Bertz CT molecular complexity index is 500. The van der Waals surface area contributed by atoms with Crippen LogP contribution in [0.25, 0.3) is 0 Å². The molecule has 3 nitrogen and oxygen atoms in total. The Morgan fingerprint density at radius 1 is 1.24 bits per heavy atom. The molecular formula is C18H28N2O. The van der Waals surface area contributed by atoms with Gasteiger partial charge in [-0.2, -0.15) is 0 Å². The van der Waals surface area contributed by atoms with Crippen LogP contribution in [0.3, 0.4) is 0 Å². The highest BCUT2D eigenvalue weighted by atomic mass is 16.2. The van der Waals surface area contributed by atoms with Crippen LogP contribution in [0.4, 0.5) is 0 Å². The van der Waals surface area contributed by atoms with Gasteiger partial charge in [-0.1, -0.05) is 20.8 Å². The Labute approximate surface area is 128 Å². The van der Waals surface area contributed by atoms with Gasteiger partial charge in [0.15, 0.2) is 0 Å². The number of hydrogen-bond acceptors (Lipinski definition) is 1. The Morgan fingerprint density at radius 2 is 1.95 bits per heavy atom. The van der Waals surface area contributed by atoms with Crippen molar-refractivity contribution in [3.63, 3.8) is 0 Å². The van der Waals surface area contributed by atoms with Crippen molar-refractivity contribution in [2.24, 2.45) is 11.3 Å². The minimum absolute atomic E-state index is 0.0839. The monoisotopic (exact) mass is 288 g/mol. The minimum atomic E-state index is 0.0839. The van der Waals surface area contributed by atoms with E-state index in [9.17, 15) is 4.79 Å². The molecule has 2 heterocycles. The Balaban J connectivity index is 1.69. The van der Waals surface area contributed by atoms with Crippen LogP contribution in [0.1, 0.15) is 52.9 Å². The molecule has 0 N–H and O–H groups in total. The first-order valence-corrected chi connectivity index (χ1v) is 8.32. The van der Waals surface area contributed by atoms with E-state index in [2.05, 4.69) is 54.8 Å². The van der Waals surface area contributed by atoms with Gasteiger partial charge in [-0.25, -0.2) is 0 Å². The number of hydrogen-bond donors (Lipinski definition) is 0. The third-order valence-corrected chi connectivity index (χ3v) is 5.06. The fourth-order valence-electron chi connectivity index (χ4n) is 3.97. The molecule has 0 bridgehead atoms. The molecule has 1 aliphatic heterocycles. The molecule has 1 saturated carbocycles. The van der Waals surface area contributed by atoms with Gasteiger partial charge in [-0.3, -0.25) is 4.79 Å². The van der Waals surface area contributed by atoms with Crippen LogP contribution in [0, 0.1) is 11.3 Å². The summed E-state index contributed by atoms with van der Waals surface area (Å²) in [4.78, 5) is 15.0. The van der Waals surface area contributed by atoms with E-state index >= 15 is 0 Å². The standard InChI is InChI=1S/C18H28N2O/c1-17(2,3)13-16(21)20-11-5-4-8-18(20)12-15(18)14-19-9-6-7-10-19/h6-7,9-10,15H,4-5,8,11-14H2,1-3H3. The first-order valence-electron chi connectivity index (χ1n) is 8.32. The summed E-state index contributed by atoms with van der Waals surface area (Å²) in [6.45, 7) is 8.51. The van der Waals surface area contributed by atoms with E-state index in [1.807, 2.05) is 0 Å². The maximum absolute atomic E-state index is 12.7. The lowest BCUT2D eigenvalue weighted by Gasteiger charge is -2.39. The number of aromatic nitrogens is 1. The molecule has 0 aromatic carbocycles. The fraction of sp³-hybridized carbons (Fsp3) is 0.722. The molecule has 1 saturated heterocycles. The average Bonchev–Trinajstić information content (AvgIpc) is 2.84. The number of piperidine rings is 1. The summed E-state index contributed by atoms with van der Waals surface area (Å²) in [5.41, 5.74) is 0.269. The first-order chi connectivity index (χ1) is 9.91. The molecule has 1 aliphatic carbocycles. The van der Waals surface area contributed by atoms with Crippen LogP contribution < -0.4 is 0 Å². The third kappa shape index (κ3) is 3.02. The second kappa shape index (κ2) is 5.19. The molecule has 3 rings (SSSR count). The summed E-state index contributed by atoms with van der Waals surface area (Å²) >= 11 is 0. The van der Waals surface area contributed by atoms with Crippen LogP contribution in [0.2, 0.25) is 0 Å². The van der Waals surface area contributed by atoms with Crippen molar-refractivity contribution in [1.82, 2.24) is 9.47 Å². The highest BCUT2D eigenvalue weighted by Crippen LogP contribution is 2.55. The third-order valence-electron chi connectivity index (χ3n) is 5.06. The normalized spacial score (nSPS) is 28.9. The van der Waals surface area contributed by atoms with Gasteiger partial charge >= 0.3 is 0 Å². The van der Waals surface area contributed by atoms with Gasteiger partial charge in [0.1, 0.15) is 0 Å². The quantitative estimate of drug-likeness (QED) is 0.832. The SMILES string of the molecule is CC(C)(C)CC(=O)N1CCCCC12CC2Cn1cccc1. The summed E-state index contributed by atoms with van der Waals surface area (Å²) in [5.74, 6) is 1.02. The number of carbonyl (C=O) groups excluding carboxylic acids is 1. The van der Waals surface area contributed by atoms with Crippen molar-refractivity contribution in [3.8, 4) is 0 Å². The topological polar surface area (TPSA) is 25.2 Å². The van der Waals surface area contributed by atoms with E-state index in [4.69, 9.17) is 0 Å². The number of nitrogens with zero attached hydrogens (tertiary/aromatic N) is 2. The molecule has 2 atom stereocenters. The Kier molecular flexibility index (Phi) is 3.62. The smallest absolute Gasteiger partial charge is 0.223 e. The summed E-state index contributed by atoms with van der Waals surface area (Å²) in [7, 11) is 0. The fourth-order valence-corrected chi connectivity index (χ4v) is 3.97. The Hall–Kier alpha value is -1.25. The number of rotatable bonds is 3. The van der Waals surface area contributed by atoms with Crippen molar-refractivity contribution in [1.29, 1.82) is 0 Å². The number of amides is 1. The van der Waals surface area contributed by atoms with Crippen molar-refractivity contribution < 1.29 is 4.79 Å². The second-order valence-electron chi connectivity index (χ2n) is 8.12. The van der Waals surface area contributed by atoms with Crippen LogP contribution in [-0.4, -0.2) is 27.5 Å². The molecule has 116 valence electrons. The molecule has 1 spiro atoms. The van der Waals surface area contributed by atoms with Gasteiger partial charge in [0.2, 0.25) is 5.91 Å². The zero-order valence-electron chi connectivity index (χ0n) is 13.6. The molecule has 1 amide bonds. The molecule has 2 fully saturated rings. The van der Waals surface area contributed by atoms with Gasteiger partial charge in [-0.15, -0.1) is 0 Å². The summed E-state index contributed by atoms with van der Waals surface area (Å²) in [6, 6.07) is 4.16. The van der Waals surface area contributed by atoms with E-state index < -0.39 is 0 Å². The molecule has 1 aromatic heterocycles. The van der Waals surface area contributed by atoms with Gasteiger partial charge in [0, 0.05) is 43.4 Å². The zero-order chi connectivity index (χ0) is 15.1. The maximum atomic E-state index is 12.7. The van der Waals surface area contributed by atoms with Gasteiger partial charge in [0.25, 0.3) is 0 Å². The highest BCUT2D eigenvalue weighted by molar-refractivity contribution is 5.78. The molecule has 2 unspecified atom stereocenters. The summed E-state index contributed by atoms with van der Waals surface area (Å²) in [5, 5.41) is 0. The highest BCUT2D eigenvalue weighted by Gasteiger charge is 2.59. The van der Waals surface area contributed by atoms with E-state index in [0.29, 0.717) is 18.2 Å². The summed E-state index contributed by atoms with van der Waals surface area (Å²) in [6.07, 6.45) is 9.79. The van der Waals surface area contributed by atoms with Crippen LogP contribution in [0.5, 0.6) is 0 Å². The van der Waals surface area contributed by atoms with E-state index in [-0.39, 0.29) is 11.0 Å². The Morgan fingerprint density at radius 3 is 2.62 bits per heavy atom. The molecular weight excluding hydrogens is 260 g/mol. The van der Waals surface area contributed by atoms with E-state index in [1.54, 1.807) is 0 Å². The second-order valence-corrected chi connectivity index (χ2v) is 8.12. The minimum Gasteiger partial charge on any atom is -0.354 e. The van der Waals surface area contributed by atoms with Crippen molar-refractivity contribution in [3.05, 3.63) is 24.5 Å². The first kappa shape index (κ1) is 14.7. The van der Waals surface area contributed by atoms with Crippen molar-refractivity contribution in [2.75, 3.05) is 6.54 Å². The predicted molar refractivity (Wildman–Crippen MR) is 84.9 cm³/mol. The predicted octanol–water partition coefficient (Wildman–Crippen LogP) is 3.70. The molecule has 3 heteroatoms. The van der Waals surface area contributed by atoms with Crippen molar-refractivity contribution >= 4 is 5.91 Å². The van der Waals surface area contributed by atoms with Crippen LogP contribution in [0.15, 0.2) is 24.5 Å². The molecule has 1 aromatic rings. The molecule has 21 heavy (non-hydrogen) atoms. The van der Waals surface area contributed by atoms with Crippen molar-refractivity contribution in [2.45, 2.75) is 65.0 Å². The van der Waals surface area contributed by atoms with Gasteiger partial charge in [-0.05, 0) is 43.2 Å². The number of carbonyl (C=O) groups is 1. The molecule has 2 aliphatic rings. The summed E-state index contributed by atoms with van der Waals surface area (Å²) < 4.78 is 2.26. The lowest BCUT2D eigenvalue weighted by Crippen LogP contribution is -2.48. The average molecular weight is 288 g/mol. The largest absolute Gasteiger partial charge is 0.354 e. The lowest BCUT2D eigenvalue weighted by molar-refractivity contribution is -0.138. The molecule has 0 radical (unpaired) electrons. The van der Waals surface area contributed by atoms with Crippen LogP contribution in [-0.2, 0) is 11.3 Å². The zero-order valence-corrected chi connectivity index (χ0v) is 13.6.